The first-order valence-corrected chi connectivity index (χ1v) is 18.4. The van der Waals surface area contributed by atoms with Crippen LogP contribution in [0, 0.1) is 0 Å². The number of nitrogens with zero attached hydrogens (tertiary/aromatic N) is 1. The number of amides is 2. The number of aliphatic hydroxyl groups is 1. The molecule has 53 heavy (non-hydrogen) atoms. The lowest BCUT2D eigenvalue weighted by Crippen LogP contribution is -2.38. The number of unbranched alkanes of at least 4 members (excludes halogenated alkanes) is 1. The average molecular weight is 716 g/mol. The van der Waals surface area contributed by atoms with E-state index in [4.69, 9.17) is 14.7 Å². The number of hydrogen-bond acceptors (Lipinski definition) is 7. The van der Waals surface area contributed by atoms with E-state index < -0.39 is 12.2 Å². The highest BCUT2D eigenvalue weighted by molar-refractivity contribution is 5.83. The maximum absolute atomic E-state index is 12.3. The lowest BCUT2D eigenvalue weighted by molar-refractivity contribution is -0.253. The quantitative estimate of drug-likeness (QED) is 0.0494. The summed E-state index contributed by atoms with van der Waals surface area (Å²) in [5.74, 6) is -0.523. The Kier molecular flexibility index (Phi) is 13.0. The number of benzene rings is 5. The molecule has 9 nitrogen and oxygen atoms in total. The zero-order valence-electron chi connectivity index (χ0n) is 30.4. The zero-order valence-corrected chi connectivity index (χ0v) is 30.4. The van der Waals surface area contributed by atoms with Gasteiger partial charge in [-0.25, -0.2) is 5.48 Å². The Morgan fingerprint density at radius 1 is 0.774 bits per heavy atom. The molecular weight excluding hydrogens is 666 g/mol. The van der Waals surface area contributed by atoms with Gasteiger partial charge in [-0.05, 0) is 83.1 Å². The lowest BCUT2D eigenvalue weighted by Gasteiger charge is -2.39. The van der Waals surface area contributed by atoms with Crippen molar-refractivity contribution in [2.45, 2.75) is 76.7 Å². The van der Waals surface area contributed by atoms with E-state index in [-0.39, 0.29) is 37.2 Å². The van der Waals surface area contributed by atoms with Gasteiger partial charge < -0.3 is 19.9 Å². The molecule has 9 heteroatoms. The van der Waals surface area contributed by atoms with Crippen LogP contribution >= 0.6 is 0 Å². The molecule has 0 aliphatic carbocycles. The van der Waals surface area contributed by atoms with Gasteiger partial charge in [0.1, 0.15) is 0 Å². The molecule has 4 N–H and O–H groups in total. The maximum Gasteiger partial charge on any atom is 0.243 e. The fourth-order valence-electron chi connectivity index (χ4n) is 6.84. The van der Waals surface area contributed by atoms with Crippen molar-refractivity contribution in [3.63, 3.8) is 0 Å². The normalized spacial score (nSPS) is 17.8. The van der Waals surface area contributed by atoms with Gasteiger partial charge in [-0.1, -0.05) is 103 Å². The summed E-state index contributed by atoms with van der Waals surface area (Å²) in [4.78, 5) is 25.8. The van der Waals surface area contributed by atoms with Gasteiger partial charge in [0.2, 0.25) is 11.8 Å². The number of likely N-dealkylation sites (N-methyl/N-ethyl adjacent to an activating group) is 1. The largest absolute Gasteiger partial charge is 0.392 e. The van der Waals surface area contributed by atoms with E-state index in [1.165, 1.54) is 16.3 Å². The molecule has 1 aliphatic rings. The highest BCUT2D eigenvalue weighted by Crippen LogP contribution is 2.39. The van der Waals surface area contributed by atoms with Gasteiger partial charge >= 0.3 is 0 Å². The fraction of sp³-hybridized carbons (Fsp3) is 0.318. The van der Waals surface area contributed by atoms with Crippen molar-refractivity contribution in [3.8, 4) is 11.1 Å². The highest BCUT2D eigenvalue weighted by atomic mass is 16.7. The van der Waals surface area contributed by atoms with Crippen molar-refractivity contribution in [2.75, 3.05) is 13.6 Å². The van der Waals surface area contributed by atoms with Gasteiger partial charge in [0.05, 0.1) is 18.8 Å². The number of nitrogens with one attached hydrogen (secondary N) is 2. The van der Waals surface area contributed by atoms with Crippen molar-refractivity contribution in [2.24, 2.45) is 0 Å². The number of aliphatic hydroxyl groups excluding tert-OH is 1. The number of hydroxylamine groups is 1. The summed E-state index contributed by atoms with van der Waals surface area (Å²) in [7, 11) is 2.15. The van der Waals surface area contributed by atoms with E-state index >= 15 is 0 Å². The fourth-order valence-corrected chi connectivity index (χ4v) is 6.84. The van der Waals surface area contributed by atoms with Crippen molar-refractivity contribution in [3.05, 3.63) is 143 Å². The zero-order chi connectivity index (χ0) is 37.2. The van der Waals surface area contributed by atoms with Crippen LogP contribution in [-0.4, -0.2) is 46.7 Å². The van der Waals surface area contributed by atoms with E-state index in [1.54, 1.807) is 5.48 Å². The summed E-state index contributed by atoms with van der Waals surface area (Å²) in [6.45, 7) is 3.36. The number of rotatable bonds is 15. The van der Waals surface area contributed by atoms with Gasteiger partial charge in [0.25, 0.3) is 0 Å². The van der Waals surface area contributed by atoms with Crippen LogP contribution in [0.3, 0.4) is 0 Å². The Morgan fingerprint density at radius 3 is 2.23 bits per heavy atom. The maximum atomic E-state index is 12.3. The van der Waals surface area contributed by atoms with Crippen molar-refractivity contribution >= 4 is 22.6 Å². The van der Waals surface area contributed by atoms with Gasteiger partial charge in [-0.3, -0.25) is 19.7 Å². The Balaban J connectivity index is 1.12. The van der Waals surface area contributed by atoms with Crippen molar-refractivity contribution < 1.29 is 29.4 Å². The second-order valence-electron chi connectivity index (χ2n) is 13.9. The first-order valence-electron chi connectivity index (χ1n) is 18.4. The first kappa shape index (κ1) is 37.8. The molecule has 0 saturated carbocycles. The molecule has 2 amide bonds. The van der Waals surface area contributed by atoms with Crippen LogP contribution in [0.5, 0.6) is 0 Å². The summed E-state index contributed by atoms with van der Waals surface area (Å²) in [6.07, 6.45) is 1.48. The smallest absolute Gasteiger partial charge is 0.243 e. The molecule has 0 unspecified atom stereocenters. The van der Waals surface area contributed by atoms with Crippen LogP contribution in [0.4, 0.5) is 0 Å². The minimum atomic E-state index is -0.561. The van der Waals surface area contributed by atoms with E-state index in [1.807, 2.05) is 36.4 Å². The molecule has 1 saturated heterocycles. The molecule has 0 radical (unpaired) electrons. The number of carbonyl (C=O) groups is 2. The third-order valence-corrected chi connectivity index (χ3v) is 10.1. The summed E-state index contributed by atoms with van der Waals surface area (Å²) >= 11 is 0. The molecule has 0 aromatic heterocycles. The van der Waals surface area contributed by atoms with Gasteiger partial charge in [-0.2, -0.15) is 0 Å². The Bertz CT molecular complexity index is 1970. The van der Waals surface area contributed by atoms with Crippen LogP contribution in [0.2, 0.25) is 0 Å². The van der Waals surface area contributed by atoms with Crippen molar-refractivity contribution in [1.82, 2.24) is 15.7 Å². The summed E-state index contributed by atoms with van der Waals surface area (Å²) < 4.78 is 13.3. The molecule has 1 fully saturated rings. The predicted octanol–water partition coefficient (Wildman–Crippen LogP) is 7.92. The van der Waals surface area contributed by atoms with E-state index in [2.05, 4.69) is 103 Å². The minimum Gasteiger partial charge on any atom is -0.392 e. The number of fused-ring (bicyclic) bond motifs is 1. The first-order chi connectivity index (χ1) is 25.8. The van der Waals surface area contributed by atoms with Crippen molar-refractivity contribution in [1.29, 1.82) is 0 Å². The Morgan fingerprint density at radius 2 is 1.49 bits per heavy atom. The van der Waals surface area contributed by atoms with Gasteiger partial charge in [-0.15, -0.1) is 0 Å². The molecule has 5 aromatic carbocycles. The van der Waals surface area contributed by atoms with Crippen LogP contribution < -0.4 is 10.8 Å². The predicted molar refractivity (Wildman–Crippen MR) is 206 cm³/mol. The van der Waals surface area contributed by atoms with E-state index in [0.29, 0.717) is 32.2 Å². The lowest BCUT2D eigenvalue weighted by atomic mass is 9.98. The Hall–Kier alpha value is -4.90. The van der Waals surface area contributed by atoms with Gasteiger partial charge in [0, 0.05) is 44.0 Å². The van der Waals surface area contributed by atoms with Crippen LogP contribution in [0.15, 0.2) is 115 Å². The second-order valence-corrected chi connectivity index (χ2v) is 13.9. The van der Waals surface area contributed by atoms with Crippen LogP contribution in [0.25, 0.3) is 21.9 Å². The molecule has 4 atom stereocenters. The second kappa shape index (κ2) is 18.2. The molecule has 1 heterocycles. The number of ether oxygens (including phenoxy) is 2. The molecule has 0 bridgehead atoms. The van der Waals surface area contributed by atoms with E-state index in [9.17, 15) is 14.7 Å². The molecule has 0 spiro atoms. The molecule has 1 aliphatic heterocycles. The summed E-state index contributed by atoms with van der Waals surface area (Å²) in [5, 5.41) is 23.6. The monoisotopic (exact) mass is 715 g/mol. The third-order valence-electron chi connectivity index (χ3n) is 10.1. The third kappa shape index (κ3) is 10.2. The molecule has 276 valence electrons. The number of carbonyl (C=O) groups excluding carboxylic acids is 2. The molecule has 6 rings (SSSR count). The molecular formula is C44H49N3O6. The Labute approximate surface area is 311 Å². The highest BCUT2D eigenvalue weighted by Gasteiger charge is 2.33. The van der Waals surface area contributed by atoms with Crippen LogP contribution in [-0.2, 0) is 32.2 Å². The summed E-state index contributed by atoms with van der Waals surface area (Å²) in [6, 6.07) is 39.6. The topological polar surface area (TPSA) is 120 Å². The average Bonchev–Trinajstić information content (AvgIpc) is 3.21. The minimum absolute atomic E-state index is 0.00341. The standard InChI is InChI=1S/C44H49N3O6/c1-30(37-23-20-33-9-3-4-10-39(33)25-37)47(2)28-40-26-41(35-16-14-31(29-48)15-17-35)53-44(52-40)36-21-18-34(19-22-36)38-11-7-8-32(24-38)27-45-42(49)12-5-6-13-43(50)46-51/h3-4,7-11,14-25,30,40-41,44,48,51H,5-6,12-13,26-29H2,1-2H3,(H,45,49)(H,46,50)/t30-,40-,41+,44+/m1/s1. The van der Waals surface area contributed by atoms with Crippen LogP contribution in [0.1, 0.15) is 85.3 Å². The van der Waals surface area contributed by atoms with Gasteiger partial charge in [0.15, 0.2) is 6.29 Å². The molecule has 5 aromatic rings. The van der Waals surface area contributed by atoms with E-state index in [0.717, 1.165) is 39.9 Å². The summed E-state index contributed by atoms with van der Waals surface area (Å²) in [5.41, 5.74) is 8.78. The number of hydrogen-bond donors (Lipinski definition) is 4. The SMILES string of the molecule is C[C@H](c1ccc2ccccc2c1)N(C)C[C@H]1C[C@@H](c2ccc(CO)cc2)O[C@@H](c2ccc(-c3cccc(CNC(=O)CCCCC(=O)NO)c3)cc2)O1.